The lowest BCUT2D eigenvalue weighted by atomic mass is 9.98. The van der Waals surface area contributed by atoms with Crippen molar-refractivity contribution in [3.63, 3.8) is 0 Å². The molecule has 23 heavy (non-hydrogen) atoms. The molecule has 7 nitrogen and oxygen atoms in total. The van der Waals surface area contributed by atoms with E-state index in [1.165, 1.54) is 11.2 Å². The Balaban J connectivity index is 2.01. The van der Waals surface area contributed by atoms with Crippen molar-refractivity contribution in [2.75, 3.05) is 6.54 Å². The van der Waals surface area contributed by atoms with Crippen molar-refractivity contribution >= 4 is 11.9 Å². The van der Waals surface area contributed by atoms with Gasteiger partial charge in [-0.05, 0) is 25.5 Å². The molecule has 2 aromatic heterocycles. The van der Waals surface area contributed by atoms with Crippen LogP contribution in [-0.2, 0) is 17.6 Å². The molecule has 3 heterocycles. The first-order chi connectivity index (χ1) is 11.0. The number of carboxylic acid groups (broad SMARTS) is 1. The third-order valence-electron chi connectivity index (χ3n) is 4.08. The molecule has 0 saturated heterocycles. The van der Waals surface area contributed by atoms with Crippen molar-refractivity contribution in [2.24, 2.45) is 0 Å². The summed E-state index contributed by atoms with van der Waals surface area (Å²) in [7, 11) is 0. The molecule has 1 aliphatic heterocycles. The number of aliphatic carboxylic acids is 1. The van der Waals surface area contributed by atoms with Crippen LogP contribution < -0.4 is 0 Å². The van der Waals surface area contributed by atoms with E-state index in [1.807, 2.05) is 6.92 Å². The van der Waals surface area contributed by atoms with Crippen LogP contribution in [0.4, 0.5) is 0 Å². The van der Waals surface area contributed by atoms with Crippen LogP contribution in [-0.4, -0.2) is 38.6 Å². The zero-order valence-electron chi connectivity index (χ0n) is 12.9. The summed E-state index contributed by atoms with van der Waals surface area (Å²) in [4.78, 5) is 26.0. The molecule has 3 rings (SSSR count). The second kappa shape index (κ2) is 5.83. The summed E-state index contributed by atoms with van der Waals surface area (Å²) < 4.78 is 5.31. The first-order valence-corrected chi connectivity index (χ1v) is 7.46. The number of furan rings is 1. The first kappa shape index (κ1) is 15.2. The van der Waals surface area contributed by atoms with Crippen molar-refractivity contribution in [2.45, 2.75) is 32.7 Å². The Bertz CT molecular complexity index is 768. The largest absolute Gasteiger partial charge is 0.479 e. The summed E-state index contributed by atoms with van der Waals surface area (Å²) in [5.41, 5.74) is 2.13. The van der Waals surface area contributed by atoms with Crippen LogP contribution >= 0.6 is 0 Å². The minimum Gasteiger partial charge on any atom is -0.479 e. The average Bonchev–Trinajstić information content (AvgIpc) is 3.02. The third-order valence-corrected chi connectivity index (χ3v) is 4.08. The molecule has 1 atom stereocenters. The van der Waals surface area contributed by atoms with Gasteiger partial charge in [0.1, 0.15) is 5.76 Å². The highest BCUT2D eigenvalue weighted by Crippen LogP contribution is 2.32. The van der Waals surface area contributed by atoms with Gasteiger partial charge in [0.15, 0.2) is 6.04 Å². The Morgan fingerprint density at radius 2 is 2.22 bits per heavy atom. The Labute approximate surface area is 132 Å². The van der Waals surface area contributed by atoms with Crippen LogP contribution in [0.3, 0.4) is 0 Å². The van der Waals surface area contributed by atoms with Gasteiger partial charge in [-0.1, -0.05) is 6.92 Å². The third kappa shape index (κ3) is 2.58. The van der Waals surface area contributed by atoms with Gasteiger partial charge in [-0.3, -0.25) is 4.79 Å². The van der Waals surface area contributed by atoms with Gasteiger partial charge in [-0.15, -0.1) is 0 Å². The molecular weight excluding hydrogens is 298 g/mol. The van der Waals surface area contributed by atoms with Crippen molar-refractivity contribution in [3.8, 4) is 0 Å². The van der Waals surface area contributed by atoms with E-state index in [0.29, 0.717) is 47.7 Å². The molecule has 2 aromatic rings. The van der Waals surface area contributed by atoms with Crippen LogP contribution in [0, 0.1) is 6.92 Å². The Kier molecular flexibility index (Phi) is 3.85. The van der Waals surface area contributed by atoms with E-state index in [0.717, 1.165) is 0 Å². The van der Waals surface area contributed by atoms with Crippen LogP contribution in [0.5, 0.6) is 0 Å². The molecule has 1 aliphatic rings. The number of amides is 1. The zero-order chi connectivity index (χ0) is 16.6. The van der Waals surface area contributed by atoms with Gasteiger partial charge in [0.25, 0.3) is 5.91 Å². The number of aromatic nitrogens is 2. The van der Waals surface area contributed by atoms with Crippen molar-refractivity contribution < 1.29 is 19.1 Å². The highest BCUT2D eigenvalue weighted by molar-refractivity contribution is 5.98. The lowest BCUT2D eigenvalue weighted by Gasteiger charge is -2.32. The number of carboxylic acids is 1. The molecule has 0 radical (unpaired) electrons. The summed E-state index contributed by atoms with van der Waals surface area (Å²) in [6, 6.07) is 2.26. The topological polar surface area (TPSA) is 96.5 Å². The molecule has 120 valence electrons. The normalized spacial score (nSPS) is 17.0. The van der Waals surface area contributed by atoms with Gasteiger partial charge < -0.3 is 14.4 Å². The number of fused-ring (bicyclic) bond motifs is 1. The molecule has 1 amide bonds. The number of carbonyl (C=O) groups excluding carboxylic acids is 1. The Hall–Kier alpha value is -2.70. The summed E-state index contributed by atoms with van der Waals surface area (Å²) >= 11 is 0. The molecule has 0 bridgehead atoms. The number of nitrogens with zero attached hydrogens (tertiary/aromatic N) is 3. The smallest absolute Gasteiger partial charge is 0.331 e. The second-order valence-corrected chi connectivity index (χ2v) is 5.48. The lowest BCUT2D eigenvalue weighted by Crippen LogP contribution is -2.43. The quantitative estimate of drug-likeness (QED) is 0.927. The van der Waals surface area contributed by atoms with Crippen LogP contribution in [0.15, 0.2) is 22.8 Å². The van der Waals surface area contributed by atoms with Gasteiger partial charge in [0.05, 0.1) is 23.2 Å². The predicted molar refractivity (Wildman–Crippen MR) is 80.0 cm³/mol. The van der Waals surface area contributed by atoms with Crippen LogP contribution in [0.2, 0.25) is 0 Å². The van der Waals surface area contributed by atoms with Crippen LogP contribution in [0.25, 0.3) is 0 Å². The molecule has 1 unspecified atom stereocenters. The molecule has 0 aromatic carbocycles. The minimum atomic E-state index is -1.07. The number of rotatable bonds is 3. The van der Waals surface area contributed by atoms with E-state index in [2.05, 4.69) is 10.2 Å². The van der Waals surface area contributed by atoms with E-state index in [1.54, 1.807) is 19.1 Å². The van der Waals surface area contributed by atoms with Crippen molar-refractivity contribution in [1.29, 1.82) is 0 Å². The van der Waals surface area contributed by atoms with Gasteiger partial charge in [-0.25, -0.2) is 4.79 Å². The maximum absolute atomic E-state index is 12.9. The van der Waals surface area contributed by atoms with E-state index < -0.39 is 12.0 Å². The maximum atomic E-state index is 12.9. The highest BCUT2D eigenvalue weighted by atomic mass is 16.4. The van der Waals surface area contributed by atoms with Gasteiger partial charge in [0.2, 0.25) is 0 Å². The van der Waals surface area contributed by atoms with Gasteiger partial charge in [0, 0.05) is 18.5 Å². The summed E-state index contributed by atoms with van der Waals surface area (Å²) in [6.07, 6.45) is 2.61. The van der Waals surface area contributed by atoms with E-state index in [4.69, 9.17) is 4.42 Å². The summed E-state index contributed by atoms with van der Waals surface area (Å²) in [6.45, 7) is 3.91. The fourth-order valence-corrected chi connectivity index (χ4v) is 2.84. The summed E-state index contributed by atoms with van der Waals surface area (Å²) in [5.74, 6) is -0.789. The number of hydrogen-bond acceptors (Lipinski definition) is 5. The summed E-state index contributed by atoms with van der Waals surface area (Å²) in [5, 5.41) is 17.6. The molecule has 0 fully saturated rings. The molecule has 0 aliphatic carbocycles. The van der Waals surface area contributed by atoms with Gasteiger partial charge in [-0.2, -0.15) is 10.2 Å². The molecule has 1 N–H and O–H groups in total. The molecule has 0 saturated carbocycles. The van der Waals surface area contributed by atoms with Crippen molar-refractivity contribution in [3.05, 3.63) is 46.7 Å². The monoisotopic (exact) mass is 315 g/mol. The fourth-order valence-electron chi connectivity index (χ4n) is 2.84. The average molecular weight is 315 g/mol. The Morgan fingerprint density at radius 1 is 1.43 bits per heavy atom. The number of aryl methyl sites for hydroxylation is 2. The fraction of sp³-hybridized carbons (Fsp3) is 0.375. The van der Waals surface area contributed by atoms with E-state index in [9.17, 15) is 14.7 Å². The van der Waals surface area contributed by atoms with E-state index in [-0.39, 0.29) is 5.91 Å². The predicted octanol–water partition coefficient (Wildman–Crippen LogP) is 1.76. The van der Waals surface area contributed by atoms with E-state index >= 15 is 0 Å². The van der Waals surface area contributed by atoms with Crippen molar-refractivity contribution in [1.82, 2.24) is 15.1 Å². The zero-order valence-corrected chi connectivity index (χ0v) is 12.9. The molecule has 0 spiro atoms. The van der Waals surface area contributed by atoms with Gasteiger partial charge >= 0.3 is 5.97 Å². The number of carbonyl (C=O) groups is 2. The molecular formula is C16H17N3O4. The van der Waals surface area contributed by atoms with Crippen LogP contribution in [0.1, 0.15) is 46.0 Å². The highest BCUT2D eigenvalue weighted by Gasteiger charge is 2.38. The number of hydrogen-bond donors (Lipinski definition) is 1. The SMILES string of the molecule is CCc1cc(C(=O)N2CCc3occc3C2C(=O)O)c(C)nn1. The standard InChI is InChI=1S/C16H17N3O4/c1-3-10-8-12(9(2)17-18-10)15(20)19-6-4-13-11(5-7-23-13)14(19)16(21)22/h5,7-8,14H,3-4,6H2,1-2H3,(H,21,22). The first-order valence-electron chi connectivity index (χ1n) is 7.46. The Morgan fingerprint density at radius 3 is 2.91 bits per heavy atom. The second-order valence-electron chi connectivity index (χ2n) is 5.48. The lowest BCUT2D eigenvalue weighted by molar-refractivity contribution is -0.143. The molecule has 7 heteroatoms. The minimum absolute atomic E-state index is 0.291. The maximum Gasteiger partial charge on any atom is 0.331 e.